The van der Waals surface area contributed by atoms with Crippen LogP contribution in [0.5, 0.6) is 0 Å². The third-order valence-electron chi connectivity index (χ3n) is 3.51. The van der Waals surface area contributed by atoms with Gasteiger partial charge in [0.1, 0.15) is 6.26 Å². The van der Waals surface area contributed by atoms with Gasteiger partial charge in [-0.05, 0) is 42.8 Å². The van der Waals surface area contributed by atoms with E-state index in [1.54, 1.807) is 12.4 Å². The highest BCUT2D eigenvalue weighted by Crippen LogP contribution is 2.21. The van der Waals surface area contributed by atoms with Crippen LogP contribution in [0.3, 0.4) is 0 Å². The molecule has 3 aromatic rings. The lowest BCUT2D eigenvalue weighted by Crippen LogP contribution is -2.18. The predicted molar refractivity (Wildman–Crippen MR) is 81.3 cm³/mol. The van der Waals surface area contributed by atoms with Crippen molar-refractivity contribution in [2.45, 2.75) is 19.5 Å². The molecule has 2 heterocycles. The third kappa shape index (κ3) is 3.60. The van der Waals surface area contributed by atoms with Crippen LogP contribution in [0.2, 0.25) is 0 Å². The van der Waals surface area contributed by atoms with E-state index < -0.39 is 11.6 Å². The molecule has 0 saturated heterocycles. The minimum atomic E-state index is -0.924. The van der Waals surface area contributed by atoms with E-state index in [-0.39, 0.29) is 11.9 Å². The second-order valence-corrected chi connectivity index (χ2v) is 5.16. The van der Waals surface area contributed by atoms with E-state index in [0.29, 0.717) is 17.8 Å². The van der Waals surface area contributed by atoms with Gasteiger partial charge in [-0.15, -0.1) is 0 Å². The van der Waals surface area contributed by atoms with Crippen LogP contribution in [0.15, 0.2) is 53.4 Å². The molecule has 23 heavy (non-hydrogen) atoms. The van der Waals surface area contributed by atoms with Gasteiger partial charge < -0.3 is 9.73 Å². The monoisotopic (exact) mass is 315 g/mol. The van der Waals surface area contributed by atoms with Crippen LogP contribution in [0.25, 0.3) is 11.5 Å². The van der Waals surface area contributed by atoms with Crippen LogP contribution in [0.4, 0.5) is 8.78 Å². The van der Waals surface area contributed by atoms with Crippen LogP contribution >= 0.6 is 0 Å². The van der Waals surface area contributed by atoms with Crippen molar-refractivity contribution in [2.75, 3.05) is 0 Å². The molecule has 2 aromatic heterocycles. The molecule has 0 radical (unpaired) electrons. The van der Waals surface area contributed by atoms with Crippen molar-refractivity contribution >= 4 is 0 Å². The normalized spacial score (nSPS) is 12.3. The standard InChI is InChI=1S/C17H15F2N3O/c1-11(12-4-6-20-7-5-12)21-9-14-10-23-17(22-14)13-2-3-15(18)16(19)8-13/h2-8,10-11,21H,9H2,1H3/t11-/m0/s1. The first-order chi connectivity index (χ1) is 11.1. The zero-order valence-corrected chi connectivity index (χ0v) is 12.5. The van der Waals surface area contributed by atoms with Crippen LogP contribution in [-0.2, 0) is 6.54 Å². The van der Waals surface area contributed by atoms with E-state index in [2.05, 4.69) is 15.3 Å². The number of halogens is 2. The molecule has 0 fully saturated rings. The van der Waals surface area contributed by atoms with Crippen LogP contribution in [0.1, 0.15) is 24.2 Å². The average Bonchev–Trinajstić information content (AvgIpc) is 3.05. The van der Waals surface area contributed by atoms with Crippen molar-refractivity contribution in [3.05, 3.63) is 71.9 Å². The van der Waals surface area contributed by atoms with Crippen molar-refractivity contribution in [3.63, 3.8) is 0 Å². The number of hydrogen-bond donors (Lipinski definition) is 1. The maximum absolute atomic E-state index is 13.3. The molecule has 0 spiro atoms. The summed E-state index contributed by atoms with van der Waals surface area (Å²) < 4.78 is 31.5. The van der Waals surface area contributed by atoms with Gasteiger partial charge in [-0.2, -0.15) is 0 Å². The number of nitrogens with zero attached hydrogens (tertiary/aromatic N) is 2. The van der Waals surface area contributed by atoms with Crippen molar-refractivity contribution in [2.24, 2.45) is 0 Å². The topological polar surface area (TPSA) is 51.0 Å². The molecule has 0 unspecified atom stereocenters. The summed E-state index contributed by atoms with van der Waals surface area (Å²) in [5.74, 6) is -1.56. The summed E-state index contributed by atoms with van der Waals surface area (Å²) in [4.78, 5) is 8.27. The molecule has 118 valence electrons. The molecular weight excluding hydrogens is 300 g/mol. The molecule has 0 aliphatic heterocycles. The van der Waals surface area contributed by atoms with Gasteiger partial charge in [-0.1, -0.05) is 0 Å². The number of nitrogens with one attached hydrogen (secondary N) is 1. The highest BCUT2D eigenvalue weighted by Gasteiger charge is 2.11. The summed E-state index contributed by atoms with van der Waals surface area (Å²) in [7, 11) is 0. The van der Waals surface area contributed by atoms with Crippen molar-refractivity contribution in [1.82, 2.24) is 15.3 Å². The van der Waals surface area contributed by atoms with Crippen LogP contribution in [0, 0.1) is 11.6 Å². The van der Waals surface area contributed by atoms with Gasteiger partial charge in [0, 0.05) is 30.5 Å². The lowest BCUT2D eigenvalue weighted by molar-refractivity contribution is 0.507. The van der Waals surface area contributed by atoms with E-state index in [1.165, 1.54) is 12.3 Å². The fraction of sp³-hybridized carbons (Fsp3) is 0.176. The Balaban J connectivity index is 1.66. The molecule has 1 N–H and O–H groups in total. The highest BCUT2D eigenvalue weighted by atomic mass is 19.2. The number of benzene rings is 1. The average molecular weight is 315 g/mol. The lowest BCUT2D eigenvalue weighted by atomic mass is 10.1. The van der Waals surface area contributed by atoms with Crippen LogP contribution in [-0.4, -0.2) is 9.97 Å². The Morgan fingerprint density at radius 1 is 1.13 bits per heavy atom. The van der Waals surface area contributed by atoms with Gasteiger partial charge in [0.15, 0.2) is 11.6 Å². The second kappa shape index (κ2) is 6.66. The number of rotatable bonds is 5. The molecule has 6 heteroatoms. The van der Waals surface area contributed by atoms with Gasteiger partial charge in [-0.25, -0.2) is 13.8 Å². The van der Waals surface area contributed by atoms with Crippen LogP contribution < -0.4 is 5.32 Å². The zero-order chi connectivity index (χ0) is 16.2. The van der Waals surface area contributed by atoms with E-state index in [4.69, 9.17) is 4.42 Å². The van der Waals surface area contributed by atoms with Crippen molar-refractivity contribution in [3.8, 4) is 11.5 Å². The number of aromatic nitrogens is 2. The van der Waals surface area contributed by atoms with Crippen molar-refractivity contribution < 1.29 is 13.2 Å². The van der Waals surface area contributed by atoms with E-state index in [0.717, 1.165) is 17.7 Å². The Morgan fingerprint density at radius 2 is 1.91 bits per heavy atom. The molecule has 1 aromatic carbocycles. The molecular formula is C17H15F2N3O. The highest BCUT2D eigenvalue weighted by molar-refractivity contribution is 5.53. The fourth-order valence-corrected chi connectivity index (χ4v) is 2.18. The summed E-state index contributed by atoms with van der Waals surface area (Å²) in [5.41, 5.74) is 2.20. The van der Waals surface area contributed by atoms with Gasteiger partial charge in [0.2, 0.25) is 5.89 Å². The van der Waals surface area contributed by atoms with E-state index >= 15 is 0 Å². The van der Waals surface area contributed by atoms with E-state index in [9.17, 15) is 8.78 Å². The Kier molecular flexibility index (Phi) is 4.43. The Labute approximate surface area is 132 Å². The summed E-state index contributed by atoms with van der Waals surface area (Å²) in [6.45, 7) is 2.53. The van der Waals surface area contributed by atoms with Crippen molar-refractivity contribution in [1.29, 1.82) is 0 Å². The zero-order valence-electron chi connectivity index (χ0n) is 12.5. The Morgan fingerprint density at radius 3 is 2.65 bits per heavy atom. The fourth-order valence-electron chi connectivity index (χ4n) is 2.18. The van der Waals surface area contributed by atoms with Gasteiger partial charge in [-0.3, -0.25) is 4.98 Å². The first-order valence-electron chi connectivity index (χ1n) is 7.16. The SMILES string of the molecule is C[C@H](NCc1coc(-c2ccc(F)c(F)c2)n1)c1ccncc1. The molecule has 4 nitrogen and oxygen atoms in total. The lowest BCUT2D eigenvalue weighted by Gasteiger charge is -2.12. The number of hydrogen-bond acceptors (Lipinski definition) is 4. The molecule has 3 rings (SSSR count). The minimum absolute atomic E-state index is 0.126. The predicted octanol–water partition coefficient (Wildman–Crippen LogP) is 3.87. The van der Waals surface area contributed by atoms with Gasteiger partial charge in [0.05, 0.1) is 5.69 Å². The minimum Gasteiger partial charge on any atom is -0.444 e. The summed E-state index contributed by atoms with van der Waals surface area (Å²) in [6, 6.07) is 7.55. The maximum atomic E-state index is 13.3. The second-order valence-electron chi connectivity index (χ2n) is 5.16. The molecule has 0 aliphatic carbocycles. The van der Waals surface area contributed by atoms with E-state index in [1.807, 2.05) is 19.1 Å². The molecule has 0 aliphatic rings. The van der Waals surface area contributed by atoms with Gasteiger partial charge >= 0.3 is 0 Å². The molecule has 1 atom stereocenters. The molecule has 0 amide bonds. The first-order valence-corrected chi connectivity index (χ1v) is 7.16. The number of oxazole rings is 1. The Hall–Kier alpha value is -2.60. The summed E-state index contributed by atoms with van der Waals surface area (Å²) in [5, 5.41) is 3.32. The summed E-state index contributed by atoms with van der Waals surface area (Å²) in [6.07, 6.45) is 4.98. The Bertz CT molecular complexity index is 790. The molecule has 0 saturated carbocycles. The maximum Gasteiger partial charge on any atom is 0.226 e. The summed E-state index contributed by atoms with van der Waals surface area (Å²) >= 11 is 0. The first kappa shape index (κ1) is 15.3. The third-order valence-corrected chi connectivity index (χ3v) is 3.51. The van der Waals surface area contributed by atoms with Gasteiger partial charge in [0.25, 0.3) is 0 Å². The quantitative estimate of drug-likeness (QED) is 0.776. The number of pyridine rings is 1. The largest absolute Gasteiger partial charge is 0.444 e. The molecule has 0 bridgehead atoms. The smallest absolute Gasteiger partial charge is 0.226 e.